The summed E-state index contributed by atoms with van der Waals surface area (Å²) in [5.41, 5.74) is 7.42. The Kier molecular flexibility index (Phi) is 3.39. The molecule has 1 saturated heterocycles. The SMILES string of the molecule is CC(N)C1CCCN(Cc2cncn2C2CC2)C1. The van der Waals surface area contributed by atoms with Gasteiger partial charge in [-0.1, -0.05) is 0 Å². The molecule has 2 unspecified atom stereocenters. The molecule has 4 nitrogen and oxygen atoms in total. The Hall–Kier alpha value is -0.870. The van der Waals surface area contributed by atoms with Crippen LogP contribution in [0.3, 0.4) is 0 Å². The lowest BCUT2D eigenvalue weighted by Gasteiger charge is -2.34. The van der Waals surface area contributed by atoms with E-state index in [-0.39, 0.29) is 0 Å². The first-order chi connectivity index (χ1) is 8.74. The van der Waals surface area contributed by atoms with E-state index in [2.05, 4.69) is 21.4 Å². The maximum absolute atomic E-state index is 6.05. The van der Waals surface area contributed by atoms with Crippen LogP contribution in [-0.4, -0.2) is 33.6 Å². The smallest absolute Gasteiger partial charge is 0.0951 e. The number of piperidine rings is 1. The average Bonchev–Trinajstić information content (AvgIpc) is 3.11. The topological polar surface area (TPSA) is 47.1 Å². The van der Waals surface area contributed by atoms with Gasteiger partial charge in [0.1, 0.15) is 0 Å². The average molecular weight is 248 g/mol. The van der Waals surface area contributed by atoms with Crippen LogP contribution in [0.4, 0.5) is 0 Å². The summed E-state index contributed by atoms with van der Waals surface area (Å²) in [5.74, 6) is 0.663. The molecule has 1 aromatic heterocycles. The lowest BCUT2D eigenvalue weighted by molar-refractivity contribution is 0.151. The zero-order chi connectivity index (χ0) is 12.5. The van der Waals surface area contributed by atoms with Gasteiger partial charge < -0.3 is 10.3 Å². The number of nitrogens with zero attached hydrogens (tertiary/aromatic N) is 3. The summed E-state index contributed by atoms with van der Waals surface area (Å²) in [5, 5.41) is 0. The first kappa shape index (κ1) is 12.2. The largest absolute Gasteiger partial charge is 0.330 e. The summed E-state index contributed by atoms with van der Waals surface area (Å²) in [6, 6.07) is 1.05. The van der Waals surface area contributed by atoms with Crippen molar-refractivity contribution in [2.45, 2.75) is 51.2 Å². The van der Waals surface area contributed by atoms with Gasteiger partial charge in [-0.15, -0.1) is 0 Å². The highest BCUT2D eigenvalue weighted by atomic mass is 15.2. The molecule has 0 spiro atoms. The van der Waals surface area contributed by atoms with Crippen LogP contribution in [0.5, 0.6) is 0 Å². The zero-order valence-electron chi connectivity index (χ0n) is 11.3. The molecular weight excluding hydrogens is 224 g/mol. The third kappa shape index (κ3) is 2.59. The molecule has 2 atom stereocenters. The summed E-state index contributed by atoms with van der Waals surface area (Å²) in [6.07, 6.45) is 9.26. The number of nitrogens with two attached hydrogens (primary N) is 1. The van der Waals surface area contributed by atoms with Crippen molar-refractivity contribution in [2.75, 3.05) is 13.1 Å². The molecule has 2 fully saturated rings. The van der Waals surface area contributed by atoms with Gasteiger partial charge in [0, 0.05) is 31.4 Å². The van der Waals surface area contributed by atoms with Gasteiger partial charge in [0.05, 0.1) is 12.0 Å². The normalized spacial score (nSPS) is 27.3. The number of rotatable bonds is 4. The van der Waals surface area contributed by atoms with Crippen LogP contribution in [0.25, 0.3) is 0 Å². The Morgan fingerprint density at radius 3 is 3.00 bits per heavy atom. The Labute approximate surface area is 109 Å². The molecule has 0 bridgehead atoms. The second kappa shape index (κ2) is 5.02. The van der Waals surface area contributed by atoms with Crippen LogP contribution in [0, 0.1) is 5.92 Å². The van der Waals surface area contributed by atoms with Crippen molar-refractivity contribution in [1.29, 1.82) is 0 Å². The van der Waals surface area contributed by atoms with Crippen molar-refractivity contribution in [2.24, 2.45) is 11.7 Å². The fourth-order valence-corrected chi connectivity index (χ4v) is 3.03. The summed E-state index contributed by atoms with van der Waals surface area (Å²) in [4.78, 5) is 6.86. The maximum Gasteiger partial charge on any atom is 0.0951 e. The molecule has 1 aliphatic carbocycles. The first-order valence-electron chi connectivity index (χ1n) is 7.22. The van der Waals surface area contributed by atoms with Gasteiger partial charge in [0.2, 0.25) is 0 Å². The van der Waals surface area contributed by atoms with Gasteiger partial charge in [-0.25, -0.2) is 4.98 Å². The van der Waals surface area contributed by atoms with Crippen molar-refractivity contribution >= 4 is 0 Å². The number of hydrogen-bond acceptors (Lipinski definition) is 3. The van der Waals surface area contributed by atoms with E-state index in [4.69, 9.17) is 5.73 Å². The van der Waals surface area contributed by atoms with Crippen LogP contribution in [-0.2, 0) is 6.54 Å². The second-order valence-electron chi connectivity index (χ2n) is 6.02. The van der Waals surface area contributed by atoms with Gasteiger partial charge in [-0.3, -0.25) is 4.90 Å². The monoisotopic (exact) mass is 248 g/mol. The van der Waals surface area contributed by atoms with Gasteiger partial charge >= 0.3 is 0 Å². The van der Waals surface area contributed by atoms with E-state index in [1.165, 1.54) is 37.9 Å². The molecule has 100 valence electrons. The number of hydrogen-bond donors (Lipinski definition) is 1. The molecule has 1 saturated carbocycles. The second-order valence-corrected chi connectivity index (χ2v) is 6.02. The Morgan fingerprint density at radius 1 is 1.44 bits per heavy atom. The number of likely N-dealkylation sites (tertiary alicyclic amines) is 1. The minimum atomic E-state index is 0.321. The summed E-state index contributed by atoms with van der Waals surface area (Å²) in [7, 11) is 0. The quantitative estimate of drug-likeness (QED) is 0.883. The Balaban J connectivity index is 1.63. The molecule has 1 aromatic rings. The minimum Gasteiger partial charge on any atom is -0.330 e. The summed E-state index contributed by atoms with van der Waals surface area (Å²) in [6.45, 7) is 5.54. The Bertz CT molecular complexity index is 394. The fourth-order valence-electron chi connectivity index (χ4n) is 3.03. The summed E-state index contributed by atoms with van der Waals surface area (Å²) >= 11 is 0. The highest BCUT2D eigenvalue weighted by molar-refractivity contribution is 5.03. The first-order valence-corrected chi connectivity index (χ1v) is 7.22. The number of aromatic nitrogens is 2. The van der Waals surface area contributed by atoms with Crippen molar-refractivity contribution in [1.82, 2.24) is 14.5 Å². The molecule has 2 heterocycles. The van der Waals surface area contributed by atoms with Crippen molar-refractivity contribution < 1.29 is 0 Å². The van der Waals surface area contributed by atoms with Crippen LogP contribution in [0.15, 0.2) is 12.5 Å². The van der Waals surface area contributed by atoms with E-state index in [0.717, 1.165) is 19.1 Å². The predicted molar refractivity (Wildman–Crippen MR) is 72.1 cm³/mol. The predicted octanol–water partition coefficient (Wildman–Crippen LogP) is 1.78. The molecule has 3 rings (SSSR count). The van der Waals surface area contributed by atoms with E-state index >= 15 is 0 Å². The van der Waals surface area contributed by atoms with Gasteiger partial charge in [0.15, 0.2) is 0 Å². The molecule has 2 N–H and O–H groups in total. The summed E-state index contributed by atoms with van der Waals surface area (Å²) < 4.78 is 2.37. The van der Waals surface area contributed by atoms with E-state index < -0.39 is 0 Å². The van der Waals surface area contributed by atoms with E-state index in [1.807, 2.05) is 12.5 Å². The number of imidazole rings is 1. The van der Waals surface area contributed by atoms with E-state index in [9.17, 15) is 0 Å². The molecule has 0 amide bonds. The standard InChI is InChI=1S/C14H24N4/c1-11(15)12-3-2-6-17(8-12)9-14-7-16-10-18(14)13-4-5-13/h7,10-13H,2-6,8-9,15H2,1H3. The van der Waals surface area contributed by atoms with Crippen LogP contribution < -0.4 is 5.73 Å². The van der Waals surface area contributed by atoms with E-state index in [1.54, 1.807) is 0 Å². The Morgan fingerprint density at radius 2 is 2.28 bits per heavy atom. The lowest BCUT2D eigenvalue weighted by atomic mass is 9.92. The fraction of sp³-hybridized carbons (Fsp3) is 0.786. The van der Waals surface area contributed by atoms with Crippen LogP contribution >= 0.6 is 0 Å². The molecular formula is C14H24N4. The maximum atomic E-state index is 6.05. The van der Waals surface area contributed by atoms with Gasteiger partial charge in [-0.2, -0.15) is 0 Å². The molecule has 1 aliphatic heterocycles. The molecule has 0 radical (unpaired) electrons. The van der Waals surface area contributed by atoms with Crippen LogP contribution in [0.1, 0.15) is 44.3 Å². The van der Waals surface area contributed by atoms with Gasteiger partial charge in [0.25, 0.3) is 0 Å². The third-order valence-corrected chi connectivity index (χ3v) is 4.36. The molecule has 18 heavy (non-hydrogen) atoms. The minimum absolute atomic E-state index is 0.321. The molecule has 0 aromatic carbocycles. The lowest BCUT2D eigenvalue weighted by Crippen LogP contribution is -2.42. The third-order valence-electron chi connectivity index (χ3n) is 4.36. The highest BCUT2D eigenvalue weighted by Gasteiger charge is 2.27. The van der Waals surface area contributed by atoms with Crippen LogP contribution in [0.2, 0.25) is 0 Å². The van der Waals surface area contributed by atoms with Crippen molar-refractivity contribution in [3.8, 4) is 0 Å². The molecule has 4 heteroatoms. The van der Waals surface area contributed by atoms with Crippen molar-refractivity contribution in [3.63, 3.8) is 0 Å². The molecule has 2 aliphatic rings. The highest BCUT2D eigenvalue weighted by Crippen LogP contribution is 2.36. The van der Waals surface area contributed by atoms with Crippen molar-refractivity contribution in [3.05, 3.63) is 18.2 Å². The zero-order valence-corrected chi connectivity index (χ0v) is 11.3. The van der Waals surface area contributed by atoms with E-state index in [0.29, 0.717) is 12.0 Å². The van der Waals surface area contributed by atoms with Gasteiger partial charge in [-0.05, 0) is 45.1 Å².